The van der Waals surface area contributed by atoms with Crippen LogP contribution in [-0.4, -0.2) is 37.9 Å². The van der Waals surface area contributed by atoms with E-state index in [2.05, 4.69) is 10.2 Å². The van der Waals surface area contributed by atoms with Crippen LogP contribution in [0.5, 0.6) is 5.75 Å². The lowest BCUT2D eigenvalue weighted by molar-refractivity contribution is 0.0509. The molecular weight excluding hydrogens is 268 g/mol. The summed E-state index contributed by atoms with van der Waals surface area (Å²) < 4.78 is 10.7. The van der Waals surface area contributed by atoms with E-state index in [9.17, 15) is 4.79 Å². The van der Waals surface area contributed by atoms with Crippen molar-refractivity contribution in [1.82, 2.24) is 5.32 Å². The number of alkyl carbamates (subject to hydrolysis) is 1. The van der Waals surface area contributed by atoms with E-state index in [1.165, 1.54) is 0 Å². The summed E-state index contributed by atoms with van der Waals surface area (Å²) in [4.78, 5) is 14.0. The van der Waals surface area contributed by atoms with E-state index in [0.717, 1.165) is 30.9 Å². The smallest absolute Gasteiger partial charge is 0.407 e. The van der Waals surface area contributed by atoms with Crippen LogP contribution in [0.15, 0.2) is 24.3 Å². The molecule has 1 aromatic carbocycles. The lowest BCUT2D eigenvalue weighted by atomic mass is 10.2. The second-order valence-corrected chi connectivity index (χ2v) is 6.25. The first-order valence-electron chi connectivity index (χ1n) is 7.26. The molecule has 116 valence electrons. The SMILES string of the molecule is COc1ccccc1N1CCC(NC(=O)OC(C)(C)C)C1. The van der Waals surface area contributed by atoms with Crippen LogP contribution < -0.4 is 15.0 Å². The van der Waals surface area contributed by atoms with Crippen LogP contribution in [0.4, 0.5) is 10.5 Å². The maximum absolute atomic E-state index is 11.8. The minimum atomic E-state index is -0.467. The molecule has 1 N–H and O–H groups in total. The quantitative estimate of drug-likeness (QED) is 0.930. The molecule has 0 bridgehead atoms. The normalized spacial score (nSPS) is 18.5. The Bertz CT molecular complexity index is 497. The molecule has 1 aliphatic heterocycles. The lowest BCUT2D eigenvalue weighted by Crippen LogP contribution is -2.40. The molecule has 2 rings (SSSR count). The van der Waals surface area contributed by atoms with E-state index in [4.69, 9.17) is 9.47 Å². The Labute approximate surface area is 126 Å². The summed E-state index contributed by atoms with van der Waals surface area (Å²) in [5.74, 6) is 0.857. The molecule has 0 aromatic heterocycles. The number of hydrogen-bond donors (Lipinski definition) is 1. The summed E-state index contributed by atoms with van der Waals surface area (Å²) in [6.45, 7) is 7.24. The van der Waals surface area contributed by atoms with Crippen molar-refractivity contribution in [3.05, 3.63) is 24.3 Å². The van der Waals surface area contributed by atoms with E-state index < -0.39 is 5.60 Å². The van der Waals surface area contributed by atoms with E-state index in [-0.39, 0.29) is 12.1 Å². The summed E-state index contributed by atoms with van der Waals surface area (Å²) in [5, 5.41) is 2.93. The van der Waals surface area contributed by atoms with Gasteiger partial charge in [0, 0.05) is 13.1 Å². The molecule has 5 nitrogen and oxygen atoms in total. The molecule has 1 atom stereocenters. The van der Waals surface area contributed by atoms with Gasteiger partial charge in [0.1, 0.15) is 11.4 Å². The number of nitrogens with zero attached hydrogens (tertiary/aromatic N) is 1. The average molecular weight is 292 g/mol. The topological polar surface area (TPSA) is 50.8 Å². The highest BCUT2D eigenvalue weighted by Gasteiger charge is 2.27. The lowest BCUT2D eigenvalue weighted by Gasteiger charge is -2.23. The fraction of sp³-hybridized carbons (Fsp3) is 0.562. The second-order valence-electron chi connectivity index (χ2n) is 6.25. The summed E-state index contributed by atoms with van der Waals surface area (Å²) in [6.07, 6.45) is 0.548. The number of anilines is 1. The molecule has 1 aromatic rings. The van der Waals surface area contributed by atoms with Crippen LogP contribution in [-0.2, 0) is 4.74 Å². The number of amides is 1. The van der Waals surface area contributed by atoms with Gasteiger partial charge in [0.15, 0.2) is 0 Å². The summed E-state index contributed by atoms with van der Waals surface area (Å²) in [6, 6.07) is 8.03. The van der Waals surface area contributed by atoms with Crippen molar-refractivity contribution < 1.29 is 14.3 Å². The molecule has 1 saturated heterocycles. The first-order valence-corrected chi connectivity index (χ1v) is 7.26. The van der Waals surface area contributed by atoms with Gasteiger partial charge in [-0.25, -0.2) is 4.79 Å². The largest absolute Gasteiger partial charge is 0.495 e. The maximum Gasteiger partial charge on any atom is 0.407 e. The monoisotopic (exact) mass is 292 g/mol. The second kappa shape index (κ2) is 6.24. The molecule has 0 spiro atoms. The van der Waals surface area contributed by atoms with Gasteiger partial charge in [0.2, 0.25) is 0 Å². The van der Waals surface area contributed by atoms with Crippen LogP contribution in [0.3, 0.4) is 0 Å². The van der Waals surface area contributed by atoms with Crippen molar-refractivity contribution in [2.75, 3.05) is 25.1 Å². The summed E-state index contributed by atoms with van der Waals surface area (Å²) >= 11 is 0. The van der Waals surface area contributed by atoms with Gasteiger partial charge in [-0.2, -0.15) is 0 Å². The van der Waals surface area contributed by atoms with Gasteiger partial charge in [-0.3, -0.25) is 0 Å². The van der Waals surface area contributed by atoms with Crippen molar-refractivity contribution in [3.8, 4) is 5.75 Å². The fourth-order valence-electron chi connectivity index (χ4n) is 2.46. The maximum atomic E-state index is 11.8. The number of benzene rings is 1. The number of para-hydroxylation sites is 2. The molecule has 1 amide bonds. The minimum Gasteiger partial charge on any atom is -0.495 e. The van der Waals surface area contributed by atoms with Crippen LogP contribution in [0.25, 0.3) is 0 Å². The van der Waals surface area contributed by atoms with Crippen molar-refractivity contribution in [2.24, 2.45) is 0 Å². The first kappa shape index (κ1) is 15.5. The number of ether oxygens (including phenoxy) is 2. The molecule has 0 radical (unpaired) electrons. The van der Waals surface area contributed by atoms with Crippen LogP contribution in [0.2, 0.25) is 0 Å². The van der Waals surface area contributed by atoms with Crippen molar-refractivity contribution >= 4 is 11.8 Å². The predicted molar refractivity (Wildman–Crippen MR) is 83.0 cm³/mol. The zero-order valence-electron chi connectivity index (χ0n) is 13.2. The molecule has 1 aliphatic rings. The molecule has 0 saturated carbocycles. The predicted octanol–water partition coefficient (Wildman–Crippen LogP) is 2.80. The number of methoxy groups -OCH3 is 1. The van der Waals surface area contributed by atoms with Crippen LogP contribution in [0.1, 0.15) is 27.2 Å². The molecule has 5 heteroatoms. The molecule has 1 heterocycles. The molecule has 1 fully saturated rings. The van der Waals surface area contributed by atoms with Gasteiger partial charge in [0.25, 0.3) is 0 Å². The molecule has 0 aliphatic carbocycles. The standard InChI is InChI=1S/C16H24N2O3/c1-16(2,3)21-15(19)17-12-9-10-18(11-12)13-7-5-6-8-14(13)20-4/h5-8,12H,9-11H2,1-4H3,(H,17,19). The van der Waals surface area contributed by atoms with Gasteiger partial charge < -0.3 is 19.7 Å². The van der Waals surface area contributed by atoms with E-state index >= 15 is 0 Å². The van der Waals surface area contributed by atoms with Crippen molar-refractivity contribution in [2.45, 2.75) is 38.8 Å². The summed E-state index contributed by atoms with van der Waals surface area (Å²) in [5.41, 5.74) is 0.596. The minimum absolute atomic E-state index is 0.102. The number of hydrogen-bond acceptors (Lipinski definition) is 4. The molecule has 1 unspecified atom stereocenters. The molecular formula is C16H24N2O3. The van der Waals surface area contributed by atoms with Gasteiger partial charge in [0.05, 0.1) is 18.8 Å². The Kier molecular flexibility index (Phi) is 4.60. The van der Waals surface area contributed by atoms with Crippen LogP contribution in [0, 0.1) is 0 Å². The van der Waals surface area contributed by atoms with Crippen molar-refractivity contribution in [1.29, 1.82) is 0 Å². The number of nitrogens with one attached hydrogen (secondary N) is 1. The number of rotatable bonds is 3. The van der Waals surface area contributed by atoms with Gasteiger partial charge >= 0.3 is 6.09 Å². The molecule has 21 heavy (non-hydrogen) atoms. The Hall–Kier alpha value is -1.91. The van der Waals surface area contributed by atoms with Gasteiger partial charge in [-0.1, -0.05) is 12.1 Å². The van der Waals surface area contributed by atoms with Crippen LogP contribution >= 0.6 is 0 Å². The Balaban J connectivity index is 1.93. The fourth-order valence-corrected chi connectivity index (χ4v) is 2.46. The van der Waals surface area contributed by atoms with E-state index in [1.807, 2.05) is 45.0 Å². The summed E-state index contributed by atoms with van der Waals surface area (Å²) in [7, 11) is 1.67. The average Bonchev–Trinajstić information content (AvgIpc) is 2.84. The Morgan fingerprint density at radius 2 is 2.05 bits per heavy atom. The van der Waals surface area contributed by atoms with Crippen molar-refractivity contribution in [3.63, 3.8) is 0 Å². The zero-order chi connectivity index (χ0) is 15.5. The number of carbonyl (C=O) groups excluding carboxylic acids is 1. The van der Waals surface area contributed by atoms with Gasteiger partial charge in [-0.05, 0) is 39.3 Å². The first-order chi connectivity index (χ1) is 9.89. The third-order valence-electron chi connectivity index (χ3n) is 3.33. The zero-order valence-corrected chi connectivity index (χ0v) is 13.2. The third-order valence-corrected chi connectivity index (χ3v) is 3.33. The number of carbonyl (C=O) groups is 1. The van der Waals surface area contributed by atoms with Gasteiger partial charge in [-0.15, -0.1) is 0 Å². The highest BCUT2D eigenvalue weighted by molar-refractivity contribution is 5.68. The Morgan fingerprint density at radius 1 is 1.33 bits per heavy atom. The Morgan fingerprint density at radius 3 is 2.71 bits per heavy atom. The highest BCUT2D eigenvalue weighted by atomic mass is 16.6. The highest BCUT2D eigenvalue weighted by Crippen LogP contribution is 2.30. The third kappa shape index (κ3) is 4.28. The van der Waals surface area contributed by atoms with E-state index in [0.29, 0.717) is 0 Å². The van der Waals surface area contributed by atoms with E-state index in [1.54, 1.807) is 7.11 Å².